The smallest absolute Gasteiger partial charge is 0.303 e. The molecule has 12 nitrogen and oxygen atoms in total. The van der Waals surface area contributed by atoms with Gasteiger partial charge in [0.05, 0.1) is 31.0 Å². The first-order valence-corrected chi connectivity index (χ1v) is 13.6. The maximum Gasteiger partial charge on any atom is 0.303 e. The lowest BCUT2D eigenvalue weighted by atomic mass is 9.94. The number of carbonyl (C=O) groups is 3. The van der Waals surface area contributed by atoms with Gasteiger partial charge in [0.1, 0.15) is 17.7 Å². The summed E-state index contributed by atoms with van der Waals surface area (Å²) < 4.78 is 44.9. The lowest BCUT2D eigenvalue weighted by Gasteiger charge is -2.33. The third kappa shape index (κ3) is 8.35. The number of hydrazone groups is 1. The van der Waals surface area contributed by atoms with E-state index >= 15 is 0 Å². The molecule has 0 aliphatic carbocycles. The number of rotatable bonds is 12. The van der Waals surface area contributed by atoms with Gasteiger partial charge in [-0.1, -0.05) is 6.08 Å². The van der Waals surface area contributed by atoms with E-state index < -0.39 is 30.1 Å². The minimum absolute atomic E-state index is 0.00674. The summed E-state index contributed by atoms with van der Waals surface area (Å²) in [6.07, 6.45) is 5.05. The van der Waals surface area contributed by atoms with E-state index in [1.165, 1.54) is 19.2 Å². The highest BCUT2D eigenvalue weighted by molar-refractivity contribution is 6.23. The van der Waals surface area contributed by atoms with Crippen LogP contribution in [0.15, 0.2) is 45.9 Å². The van der Waals surface area contributed by atoms with Gasteiger partial charge in [0.15, 0.2) is 18.2 Å². The summed E-state index contributed by atoms with van der Waals surface area (Å²) in [6, 6.07) is 1.76. The Morgan fingerprint density at radius 1 is 1.29 bits per heavy atom. The molecule has 14 heteroatoms. The number of benzene rings is 1. The van der Waals surface area contributed by atoms with Gasteiger partial charge in [-0.15, -0.1) is 0 Å². The van der Waals surface area contributed by atoms with Crippen LogP contribution in [-0.4, -0.2) is 80.2 Å². The highest BCUT2D eigenvalue weighted by Crippen LogP contribution is 2.31. The van der Waals surface area contributed by atoms with Gasteiger partial charge in [-0.05, 0) is 12.5 Å². The minimum Gasteiger partial charge on any atom is -0.487 e. The van der Waals surface area contributed by atoms with Crippen molar-refractivity contribution in [3.63, 3.8) is 0 Å². The standard InChI is InChI=1S/C28H34F2N6O6/c1-17(37)41-16-26(38)35-25(14-33-31-2)32-13-20-3-4-22-24(34-20)5-8-36(28(22)39)15-18-11-19(29)12-23(30)27(18)42-21-6-9-40-10-7-21/h4,11-12,14,20-21,32-33H,2-3,5-10,13,15-16H2,1H3,(H,35,38)/b25-14+. The molecular weight excluding hydrogens is 554 g/mol. The third-order valence-electron chi connectivity index (χ3n) is 6.79. The zero-order valence-corrected chi connectivity index (χ0v) is 23.3. The van der Waals surface area contributed by atoms with Crippen LogP contribution < -0.4 is 20.8 Å². The SMILES string of the molecule is C=NN/C=C(\NCC1CC=C2C(=O)N(Cc3cc(F)cc(F)c3OC3CCOCC3)CCC2=N1)NC(=O)COC(C)=O. The summed E-state index contributed by atoms with van der Waals surface area (Å²) in [5.41, 5.74) is 3.90. The number of esters is 1. The molecule has 0 spiro atoms. The molecule has 0 bridgehead atoms. The minimum atomic E-state index is -0.800. The van der Waals surface area contributed by atoms with E-state index in [0.717, 1.165) is 6.07 Å². The normalized spacial score (nSPS) is 19.2. The predicted octanol–water partition coefficient (Wildman–Crippen LogP) is 1.67. The van der Waals surface area contributed by atoms with Crippen LogP contribution in [0.5, 0.6) is 5.75 Å². The van der Waals surface area contributed by atoms with Crippen molar-refractivity contribution in [2.45, 2.75) is 51.3 Å². The molecule has 1 atom stereocenters. The quantitative estimate of drug-likeness (QED) is 0.190. The molecule has 1 unspecified atom stereocenters. The monoisotopic (exact) mass is 588 g/mol. The molecular formula is C28H34F2N6O6. The van der Waals surface area contributed by atoms with Crippen molar-refractivity contribution in [2.24, 2.45) is 10.1 Å². The Morgan fingerprint density at radius 2 is 2.07 bits per heavy atom. The number of nitrogens with one attached hydrogen (secondary N) is 3. The topological polar surface area (TPSA) is 143 Å². The van der Waals surface area contributed by atoms with Crippen molar-refractivity contribution in [1.29, 1.82) is 0 Å². The van der Waals surface area contributed by atoms with Crippen molar-refractivity contribution in [3.8, 4) is 5.75 Å². The Balaban J connectivity index is 1.37. The second-order valence-corrected chi connectivity index (χ2v) is 9.92. The Labute approximate surface area is 241 Å². The summed E-state index contributed by atoms with van der Waals surface area (Å²) in [5.74, 6) is -2.72. The number of halogens is 2. The van der Waals surface area contributed by atoms with Crippen molar-refractivity contribution in [1.82, 2.24) is 21.0 Å². The number of likely N-dealkylation sites (tertiary alicyclic amines) is 1. The fourth-order valence-electron chi connectivity index (χ4n) is 4.77. The molecule has 42 heavy (non-hydrogen) atoms. The molecule has 4 rings (SSSR count). The van der Waals surface area contributed by atoms with Gasteiger partial charge in [-0.2, -0.15) is 5.10 Å². The number of dihydropyridines is 1. The van der Waals surface area contributed by atoms with E-state index in [1.807, 2.05) is 0 Å². The van der Waals surface area contributed by atoms with Crippen LogP contribution >= 0.6 is 0 Å². The molecule has 1 aromatic carbocycles. The lowest BCUT2D eigenvalue weighted by Crippen LogP contribution is -2.43. The lowest BCUT2D eigenvalue weighted by molar-refractivity contribution is -0.146. The number of hydrogen-bond acceptors (Lipinski definition) is 10. The van der Waals surface area contributed by atoms with E-state index in [2.05, 4.69) is 27.9 Å². The zero-order valence-electron chi connectivity index (χ0n) is 23.3. The van der Waals surface area contributed by atoms with Gasteiger partial charge < -0.3 is 29.7 Å². The number of hydrogen-bond donors (Lipinski definition) is 3. The number of carbonyl (C=O) groups excluding carboxylic acids is 3. The van der Waals surface area contributed by atoms with Gasteiger partial charge >= 0.3 is 5.97 Å². The molecule has 2 amide bonds. The summed E-state index contributed by atoms with van der Waals surface area (Å²) >= 11 is 0. The summed E-state index contributed by atoms with van der Waals surface area (Å²) in [7, 11) is 0. The number of aliphatic imine (C=N–C) groups is 1. The third-order valence-corrected chi connectivity index (χ3v) is 6.79. The second kappa shape index (κ2) is 14.5. The van der Waals surface area contributed by atoms with Crippen LogP contribution in [-0.2, 0) is 30.4 Å². The van der Waals surface area contributed by atoms with Crippen LogP contribution in [0.2, 0.25) is 0 Å². The molecule has 0 aromatic heterocycles. The molecule has 2 fully saturated rings. The highest BCUT2D eigenvalue weighted by Gasteiger charge is 2.32. The highest BCUT2D eigenvalue weighted by atomic mass is 19.1. The maximum atomic E-state index is 14.8. The predicted molar refractivity (Wildman–Crippen MR) is 148 cm³/mol. The van der Waals surface area contributed by atoms with Gasteiger partial charge in [0.2, 0.25) is 0 Å². The molecule has 2 saturated heterocycles. The maximum absolute atomic E-state index is 14.8. The van der Waals surface area contributed by atoms with E-state index in [0.29, 0.717) is 63.3 Å². The van der Waals surface area contributed by atoms with Crippen LogP contribution in [0.25, 0.3) is 0 Å². The molecule has 226 valence electrons. The molecule has 3 heterocycles. The van der Waals surface area contributed by atoms with Crippen molar-refractivity contribution in [2.75, 3.05) is 32.9 Å². The van der Waals surface area contributed by atoms with Gasteiger partial charge in [0, 0.05) is 69.9 Å². The first-order chi connectivity index (χ1) is 20.2. The fourth-order valence-corrected chi connectivity index (χ4v) is 4.77. The van der Waals surface area contributed by atoms with E-state index in [9.17, 15) is 23.2 Å². The Hall–Kier alpha value is -4.33. The van der Waals surface area contributed by atoms with Crippen molar-refractivity contribution in [3.05, 3.63) is 53.0 Å². The molecule has 0 saturated carbocycles. The fraction of sp³-hybridized carbons (Fsp3) is 0.464. The first kappa shape index (κ1) is 30.6. The number of fused-ring (bicyclic) bond motifs is 1. The van der Waals surface area contributed by atoms with Gasteiger partial charge in [0.25, 0.3) is 11.8 Å². The number of amides is 2. The van der Waals surface area contributed by atoms with E-state index in [-0.39, 0.29) is 41.7 Å². The largest absolute Gasteiger partial charge is 0.487 e. The zero-order chi connectivity index (χ0) is 30.1. The van der Waals surface area contributed by atoms with Crippen molar-refractivity contribution >= 4 is 30.2 Å². The Morgan fingerprint density at radius 3 is 2.81 bits per heavy atom. The van der Waals surface area contributed by atoms with E-state index in [1.54, 1.807) is 11.0 Å². The Kier molecular flexibility index (Phi) is 10.6. The molecule has 3 aliphatic rings. The number of nitrogens with zero attached hydrogens (tertiary/aromatic N) is 3. The van der Waals surface area contributed by atoms with Crippen LogP contribution in [0, 0.1) is 11.6 Å². The van der Waals surface area contributed by atoms with Crippen molar-refractivity contribution < 1.29 is 37.4 Å². The summed E-state index contributed by atoms with van der Waals surface area (Å²) in [4.78, 5) is 42.6. The number of piperidine rings is 1. The average molecular weight is 589 g/mol. The second-order valence-electron chi connectivity index (χ2n) is 9.92. The van der Waals surface area contributed by atoms with Gasteiger partial charge in [-0.3, -0.25) is 24.8 Å². The van der Waals surface area contributed by atoms with Crippen LogP contribution in [0.3, 0.4) is 0 Å². The average Bonchev–Trinajstić information content (AvgIpc) is 2.97. The molecule has 1 aromatic rings. The van der Waals surface area contributed by atoms with Crippen LogP contribution in [0.4, 0.5) is 8.78 Å². The summed E-state index contributed by atoms with van der Waals surface area (Å²) in [5, 5.41) is 9.13. The molecule has 3 aliphatic heterocycles. The van der Waals surface area contributed by atoms with Crippen LogP contribution in [0.1, 0.15) is 38.2 Å². The molecule has 3 N–H and O–H groups in total. The van der Waals surface area contributed by atoms with Gasteiger partial charge in [-0.25, -0.2) is 8.78 Å². The first-order valence-electron chi connectivity index (χ1n) is 13.6. The molecule has 0 radical (unpaired) electrons. The Bertz CT molecular complexity index is 1290. The number of ether oxygens (including phenoxy) is 3. The van der Waals surface area contributed by atoms with E-state index in [4.69, 9.17) is 19.2 Å². The summed E-state index contributed by atoms with van der Waals surface area (Å²) in [6.45, 7) is 5.71.